The van der Waals surface area contributed by atoms with Crippen molar-refractivity contribution in [2.24, 2.45) is 0 Å². The molecular weight excluding hydrogens is 500 g/mol. The third-order valence-electron chi connectivity index (χ3n) is 7.45. The molecule has 2 aromatic heterocycles. The molecule has 1 saturated heterocycles. The Kier molecular flexibility index (Phi) is 8.14. The first-order valence-corrected chi connectivity index (χ1v) is 13.6. The zero-order valence-corrected chi connectivity index (χ0v) is 22.6. The molecule has 200 valence electrons. The summed E-state index contributed by atoms with van der Waals surface area (Å²) in [7, 11) is 2.00. The molecule has 0 amide bonds. The van der Waals surface area contributed by atoms with Gasteiger partial charge in [-0.3, -0.25) is 4.79 Å². The number of nitrogens with zero attached hydrogens (tertiary/aromatic N) is 2. The van der Waals surface area contributed by atoms with Crippen LogP contribution in [0.4, 0.5) is 5.69 Å². The predicted octanol–water partition coefficient (Wildman–Crippen LogP) is 4.42. The number of likely N-dealkylation sites (tertiary alicyclic amines) is 1. The Balaban J connectivity index is 1.38. The molecule has 1 aliphatic heterocycles. The summed E-state index contributed by atoms with van der Waals surface area (Å²) in [5.41, 5.74) is 5.68. The minimum absolute atomic E-state index is 0.215. The van der Waals surface area contributed by atoms with Gasteiger partial charge < -0.3 is 30.6 Å². The molecule has 0 spiro atoms. The van der Waals surface area contributed by atoms with Crippen LogP contribution in [-0.2, 0) is 0 Å². The van der Waals surface area contributed by atoms with Crippen LogP contribution in [0.1, 0.15) is 41.6 Å². The number of hydrogen-bond acceptors (Lipinski definition) is 6. The lowest BCUT2D eigenvalue weighted by Gasteiger charge is -2.32. The molecule has 1 aliphatic rings. The Morgan fingerprint density at radius 1 is 1.21 bits per heavy atom. The lowest BCUT2D eigenvalue weighted by molar-refractivity contribution is 0.191. The van der Waals surface area contributed by atoms with Crippen LogP contribution in [0.15, 0.2) is 53.5 Å². The van der Waals surface area contributed by atoms with Crippen molar-refractivity contribution in [2.45, 2.75) is 31.8 Å². The minimum atomic E-state index is -0.786. The number of aromatic nitrogens is 3. The molecular formula is C29H35ClN6O2. The molecule has 3 heterocycles. The number of pyridine rings is 1. The molecule has 0 bridgehead atoms. The molecule has 0 aliphatic carbocycles. The number of fused-ring (bicyclic) bond motifs is 1. The smallest absolute Gasteiger partial charge is 0.261 e. The number of nitrogens with one attached hydrogen (secondary N) is 4. The highest BCUT2D eigenvalue weighted by atomic mass is 35.5. The Bertz CT molecular complexity index is 1460. The summed E-state index contributed by atoms with van der Waals surface area (Å²) in [4.78, 5) is 26.4. The third-order valence-corrected chi connectivity index (χ3v) is 7.69. The number of halogens is 1. The van der Waals surface area contributed by atoms with Crippen molar-refractivity contribution in [2.75, 3.05) is 45.1 Å². The predicted molar refractivity (Wildman–Crippen MR) is 154 cm³/mol. The van der Waals surface area contributed by atoms with E-state index in [0.717, 1.165) is 55.6 Å². The van der Waals surface area contributed by atoms with Gasteiger partial charge in [0.1, 0.15) is 11.4 Å². The minimum Gasteiger partial charge on any atom is -0.387 e. The van der Waals surface area contributed by atoms with E-state index < -0.39 is 6.10 Å². The molecule has 1 fully saturated rings. The monoisotopic (exact) mass is 534 g/mol. The molecule has 0 saturated carbocycles. The van der Waals surface area contributed by atoms with Crippen molar-refractivity contribution in [1.82, 2.24) is 25.2 Å². The third kappa shape index (κ3) is 5.78. The molecule has 0 unspecified atom stereocenters. The molecule has 4 aromatic rings. The van der Waals surface area contributed by atoms with Crippen LogP contribution in [0.5, 0.6) is 0 Å². The topological polar surface area (TPSA) is 109 Å². The number of rotatable bonds is 9. The van der Waals surface area contributed by atoms with Crippen LogP contribution < -0.4 is 16.2 Å². The van der Waals surface area contributed by atoms with Gasteiger partial charge in [0.15, 0.2) is 0 Å². The lowest BCUT2D eigenvalue weighted by atomic mass is 9.88. The summed E-state index contributed by atoms with van der Waals surface area (Å²) in [5, 5.41) is 17.7. The highest BCUT2D eigenvalue weighted by Gasteiger charge is 2.22. The Morgan fingerprint density at radius 2 is 2.03 bits per heavy atom. The average Bonchev–Trinajstić information content (AvgIpc) is 3.35. The van der Waals surface area contributed by atoms with E-state index in [2.05, 4.69) is 44.6 Å². The van der Waals surface area contributed by atoms with E-state index in [1.165, 1.54) is 5.56 Å². The van der Waals surface area contributed by atoms with Gasteiger partial charge in [-0.05, 0) is 86.8 Å². The largest absolute Gasteiger partial charge is 0.387 e. The van der Waals surface area contributed by atoms with Gasteiger partial charge in [0.2, 0.25) is 0 Å². The van der Waals surface area contributed by atoms with Crippen LogP contribution in [-0.4, -0.2) is 64.7 Å². The number of likely N-dealkylation sites (N-methyl/N-ethyl adjacent to an activating group) is 1. The van der Waals surface area contributed by atoms with E-state index in [4.69, 9.17) is 16.6 Å². The number of aliphatic hydroxyl groups excluding tert-OH is 1. The van der Waals surface area contributed by atoms with Crippen LogP contribution >= 0.6 is 11.6 Å². The first-order valence-electron chi connectivity index (χ1n) is 13.2. The molecule has 8 nitrogen and oxygen atoms in total. The summed E-state index contributed by atoms with van der Waals surface area (Å²) in [6.45, 7) is 6.60. The van der Waals surface area contributed by atoms with Gasteiger partial charge in [0.05, 0.1) is 22.8 Å². The maximum absolute atomic E-state index is 12.9. The van der Waals surface area contributed by atoms with Crippen LogP contribution in [0.25, 0.3) is 22.4 Å². The fourth-order valence-electron chi connectivity index (χ4n) is 5.33. The normalized spacial score (nSPS) is 15.7. The molecule has 5 N–H and O–H groups in total. The maximum atomic E-state index is 12.9. The lowest BCUT2D eigenvalue weighted by Crippen LogP contribution is -2.37. The van der Waals surface area contributed by atoms with Crippen molar-refractivity contribution in [3.05, 3.63) is 80.7 Å². The van der Waals surface area contributed by atoms with Gasteiger partial charge in [-0.25, -0.2) is 4.98 Å². The summed E-state index contributed by atoms with van der Waals surface area (Å²) < 4.78 is 0. The number of piperidine rings is 1. The molecule has 38 heavy (non-hydrogen) atoms. The van der Waals surface area contributed by atoms with Gasteiger partial charge >= 0.3 is 0 Å². The highest BCUT2D eigenvalue weighted by molar-refractivity contribution is 6.30. The summed E-state index contributed by atoms with van der Waals surface area (Å²) in [5.74, 6) is 1.02. The number of benzene rings is 2. The van der Waals surface area contributed by atoms with E-state index in [0.29, 0.717) is 33.6 Å². The van der Waals surface area contributed by atoms with Crippen LogP contribution in [0.2, 0.25) is 5.02 Å². The summed E-state index contributed by atoms with van der Waals surface area (Å²) in [6, 6.07) is 13.4. The zero-order chi connectivity index (χ0) is 26.6. The van der Waals surface area contributed by atoms with Gasteiger partial charge in [0.25, 0.3) is 5.56 Å². The van der Waals surface area contributed by atoms with Gasteiger partial charge in [-0.1, -0.05) is 29.8 Å². The second-order valence-corrected chi connectivity index (χ2v) is 10.5. The van der Waals surface area contributed by atoms with E-state index in [9.17, 15) is 9.90 Å². The number of aliphatic hydroxyl groups is 1. The number of hydrogen-bond donors (Lipinski definition) is 5. The molecule has 0 radical (unpaired) electrons. The number of anilines is 1. The van der Waals surface area contributed by atoms with Crippen molar-refractivity contribution < 1.29 is 5.11 Å². The Hall–Kier alpha value is -3.17. The zero-order valence-electron chi connectivity index (χ0n) is 21.9. The molecule has 1 atom stereocenters. The van der Waals surface area contributed by atoms with Gasteiger partial charge in [-0.15, -0.1) is 0 Å². The number of imidazole rings is 1. The van der Waals surface area contributed by atoms with Crippen molar-refractivity contribution in [3.8, 4) is 11.4 Å². The fourth-order valence-corrected chi connectivity index (χ4v) is 5.53. The Morgan fingerprint density at radius 3 is 2.79 bits per heavy atom. The first kappa shape index (κ1) is 26.4. The SMILES string of the molecule is CNCCN1CCC(c2cc(C)c3nc(-c4c(NC[C@@H](O)c5cccc(Cl)c5)cc[nH]c4=O)[nH]c3c2)CC1. The second-order valence-electron chi connectivity index (χ2n) is 10.1. The molecule has 9 heteroatoms. The summed E-state index contributed by atoms with van der Waals surface area (Å²) >= 11 is 6.07. The van der Waals surface area contributed by atoms with Crippen LogP contribution in [0, 0.1) is 6.92 Å². The van der Waals surface area contributed by atoms with Crippen molar-refractivity contribution in [1.29, 1.82) is 0 Å². The Labute approximate surface area is 227 Å². The van der Waals surface area contributed by atoms with Gasteiger partial charge in [-0.2, -0.15) is 0 Å². The van der Waals surface area contributed by atoms with E-state index in [-0.39, 0.29) is 12.1 Å². The van der Waals surface area contributed by atoms with Crippen molar-refractivity contribution >= 4 is 28.3 Å². The molecule has 2 aromatic carbocycles. The van der Waals surface area contributed by atoms with E-state index >= 15 is 0 Å². The highest BCUT2D eigenvalue weighted by Crippen LogP contribution is 2.33. The average molecular weight is 535 g/mol. The van der Waals surface area contributed by atoms with Crippen LogP contribution in [0.3, 0.4) is 0 Å². The van der Waals surface area contributed by atoms with Crippen molar-refractivity contribution in [3.63, 3.8) is 0 Å². The number of aryl methyl sites for hydroxylation is 1. The van der Waals surface area contributed by atoms with E-state index in [1.807, 2.05) is 13.1 Å². The fraction of sp³-hybridized carbons (Fsp3) is 0.379. The number of aromatic amines is 2. The summed E-state index contributed by atoms with van der Waals surface area (Å²) in [6.07, 6.45) is 3.08. The van der Waals surface area contributed by atoms with Gasteiger partial charge in [0, 0.05) is 30.9 Å². The van der Waals surface area contributed by atoms with E-state index in [1.54, 1.807) is 30.5 Å². The maximum Gasteiger partial charge on any atom is 0.261 e. The quantitative estimate of drug-likeness (QED) is 0.217. The first-order chi connectivity index (χ1) is 18.4. The second kappa shape index (κ2) is 11.7. The number of H-pyrrole nitrogens is 2. The molecule has 5 rings (SSSR count). The standard InChI is InChI=1S/C29H35ClN6O2/c1-18-14-21(19-7-11-36(12-8-19)13-10-31-2)16-24-27(18)35-28(34-24)26-23(6-9-32-29(26)38)33-17-25(37)20-4-3-5-22(30)15-20/h3-6,9,14-16,19,25,31,37H,7-8,10-13,17H2,1-2H3,(H,34,35)(H2,32,33,38)/t25-/m1/s1.